The van der Waals surface area contributed by atoms with Crippen LogP contribution in [0, 0.1) is 0 Å². The summed E-state index contributed by atoms with van der Waals surface area (Å²) in [5.41, 5.74) is 0.372. The van der Waals surface area contributed by atoms with E-state index in [1.165, 1.54) is 11.9 Å². The number of carbonyl (C=O) groups excluding carboxylic acids is 1. The number of hydrogen-bond acceptors (Lipinski definition) is 4. The van der Waals surface area contributed by atoms with Crippen molar-refractivity contribution in [3.05, 3.63) is 32.9 Å². The first-order valence-electron chi connectivity index (χ1n) is 4.07. The first kappa shape index (κ1) is 9.97. The number of carbonyl (C=O) groups is 1. The van der Waals surface area contributed by atoms with Crippen LogP contribution in [-0.2, 0) is 4.74 Å². The number of ether oxygens (including phenoxy) is 1. The molecule has 0 bridgehead atoms. The van der Waals surface area contributed by atoms with Crippen molar-refractivity contribution in [2.24, 2.45) is 10.2 Å². The number of fused-ring (bicyclic) bond motifs is 1. The van der Waals surface area contributed by atoms with E-state index in [9.17, 15) is 4.79 Å². The molecule has 0 N–H and O–H groups in total. The molecule has 0 saturated carbocycles. The highest BCUT2D eigenvalue weighted by molar-refractivity contribution is 9.10. The molecule has 1 heterocycles. The van der Waals surface area contributed by atoms with Crippen LogP contribution < -0.4 is 10.7 Å². The largest absolute Gasteiger partial charge is 0.465 e. The summed E-state index contributed by atoms with van der Waals surface area (Å²) in [5.74, 6) is -0.443. The van der Waals surface area contributed by atoms with Crippen LogP contribution in [0.1, 0.15) is 10.4 Å². The van der Waals surface area contributed by atoms with Gasteiger partial charge in [-0.2, -0.15) is 0 Å². The molecule has 1 aromatic rings. The molecule has 0 unspecified atom stereocenters. The van der Waals surface area contributed by atoms with Crippen LogP contribution in [0.2, 0.25) is 0 Å². The van der Waals surface area contributed by atoms with Crippen molar-refractivity contribution in [3.63, 3.8) is 0 Å². The second-order valence-corrected chi connectivity index (χ2v) is 3.80. The number of esters is 1. The van der Waals surface area contributed by atoms with Gasteiger partial charge in [-0.15, -0.1) is 0 Å². The standard InChI is InChI=1S/C9H7BrN3O2/c1-13-11-7-4-5(10)3-6(8(7)12-13)9(14)15-2/h3-4H,1H2,2H3/q+1. The molecular weight excluding hydrogens is 262 g/mol. The molecule has 0 radical (unpaired) electrons. The van der Waals surface area contributed by atoms with Gasteiger partial charge in [-0.1, -0.05) is 15.9 Å². The minimum atomic E-state index is -0.443. The Morgan fingerprint density at radius 3 is 2.93 bits per heavy atom. The Morgan fingerprint density at radius 2 is 2.27 bits per heavy atom. The molecule has 2 rings (SSSR count). The zero-order valence-corrected chi connectivity index (χ0v) is 9.48. The lowest BCUT2D eigenvalue weighted by Gasteiger charge is -1.97. The highest BCUT2D eigenvalue weighted by Crippen LogP contribution is 2.07. The normalized spacial score (nSPS) is 12.8. The van der Waals surface area contributed by atoms with Gasteiger partial charge >= 0.3 is 5.97 Å². The van der Waals surface area contributed by atoms with Gasteiger partial charge in [0.05, 0.1) is 12.7 Å². The quantitative estimate of drug-likeness (QED) is 0.533. The maximum absolute atomic E-state index is 11.4. The van der Waals surface area contributed by atoms with Crippen LogP contribution in [0.4, 0.5) is 0 Å². The van der Waals surface area contributed by atoms with Crippen LogP contribution in [0.25, 0.3) is 0 Å². The lowest BCUT2D eigenvalue weighted by atomic mass is 10.2. The van der Waals surface area contributed by atoms with Crippen molar-refractivity contribution in [2.75, 3.05) is 7.11 Å². The first-order chi connectivity index (χ1) is 7.11. The topological polar surface area (TPSA) is 54.0 Å². The fourth-order valence-corrected chi connectivity index (χ4v) is 1.74. The Hall–Kier alpha value is -1.56. The van der Waals surface area contributed by atoms with Gasteiger partial charge in [0.25, 0.3) is 0 Å². The third-order valence-corrected chi connectivity index (χ3v) is 2.36. The highest BCUT2D eigenvalue weighted by Gasteiger charge is 2.18. The third kappa shape index (κ3) is 1.68. The fraction of sp³-hybridized carbons (Fsp3) is 0.111. The molecule has 15 heavy (non-hydrogen) atoms. The van der Waals surface area contributed by atoms with Crippen LogP contribution in [0.3, 0.4) is 0 Å². The van der Waals surface area contributed by atoms with E-state index in [1.54, 1.807) is 12.1 Å². The molecule has 5 nitrogen and oxygen atoms in total. The smallest absolute Gasteiger partial charge is 0.340 e. The Bertz CT molecular complexity index is 580. The summed E-state index contributed by atoms with van der Waals surface area (Å²) >= 11 is 3.28. The van der Waals surface area contributed by atoms with E-state index in [1.807, 2.05) is 0 Å². The molecule has 0 fully saturated rings. The maximum atomic E-state index is 11.4. The van der Waals surface area contributed by atoms with Gasteiger partial charge in [0.2, 0.25) is 0 Å². The van der Waals surface area contributed by atoms with Gasteiger partial charge < -0.3 is 4.74 Å². The minimum Gasteiger partial charge on any atom is -0.465 e. The predicted molar refractivity (Wildman–Crippen MR) is 55.2 cm³/mol. The number of benzene rings is 1. The molecule has 0 atom stereocenters. The number of hydrogen-bond donors (Lipinski definition) is 0. The average molecular weight is 269 g/mol. The minimum absolute atomic E-state index is 0.372. The molecule has 0 aromatic heterocycles. The molecule has 1 aliphatic rings. The monoisotopic (exact) mass is 268 g/mol. The van der Waals surface area contributed by atoms with Gasteiger partial charge in [-0.05, 0) is 12.1 Å². The second kappa shape index (κ2) is 3.54. The van der Waals surface area contributed by atoms with Gasteiger partial charge in [0.1, 0.15) is 0 Å². The summed E-state index contributed by atoms with van der Waals surface area (Å²) in [7, 11) is 1.32. The SMILES string of the molecule is C=[N+]1N=c2cc(Br)cc(C(=O)OC)c2=N1. The summed E-state index contributed by atoms with van der Waals surface area (Å²) in [6.07, 6.45) is 0. The molecule has 76 valence electrons. The van der Waals surface area contributed by atoms with Gasteiger partial charge in [0.15, 0.2) is 17.4 Å². The number of rotatable bonds is 1. The molecule has 0 aliphatic carbocycles. The lowest BCUT2D eigenvalue weighted by Crippen LogP contribution is -2.29. The molecule has 0 amide bonds. The van der Waals surface area contributed by atoms with E-state index in [0.29, 0.717) is 16.3 Å². The summed E-state index contributed by atoms with van der Waals surface area (Å²) < 4.78 is 5.40. The molecule has 1 aliphatic heterocycles. The van der Waals surface area contributed by atoms with Crippen molar-refractivity contribution >= 4 is 28.6 Å². The third-order valence-electron chi connectivity index (χ3n) is 1.90. The zero-order valence-electron chi connectivity index (χ0n) is 7.90. The molecule has 6 heteroatoms. The van der Waals surface area contributed by atoms with Crippen LogP contribution in [-0.4, -0.2) is 24.6 Å². The van der Waals surface area contributed by atoms with E-state index in [2.05, 4.69) is 37.6 Å². The first-order valence-corrected chi connectivity index (χ1v) is 4.87. The average Bonchev–Trinajstić information content (AvgIpc) is 2.55. The second-order valence-electron chi connectivity index (χ2n) is 2.88. The summed E-state index contributed by atoms with van der Waals surface area (Å²) in [5, 5.41) is 9.09. The Labute approximate surface area is 93.5 Å². The predicted octanol–water partition coefficient (Wildman–Crippen LogP) is 0.0316. The highest BCUT2D eigenvalue weighted by atomic mass is 79.9. The van der Waals surface area contributed by atoms with E-state index >= 15 is 0 Å². The zero-order chi connectivity index (χ0) is 11.0. The Balaban J connectivity index is 2.80. The van der Waals surface area contributed by atoms with Crippen LogP contribution in [0.5, 0.6) is 0 Å². The summed E-state index contributed by atoms with van der Waals surface area (Å²) in [4.78, 5) is 12.6. The number of halogens is 1. The van der Waals surface area contributed by atoms with E-state index in [4.69, 9.17) is 0 Å². The van der Waals surface area contributed by atoms with Crippen molar-refractivity contribution in [1.29, 1.82) is 0 Å². The van der Waals surface area contributed by atoms with Crippen molar-refractivity contribution in [3.8, 4) is 0 Å². The fourth-order valence-electron chi connectivity index (χ4n) is 1.29. The Morgan fingerprint density at radius 1 is 1.53 bits per heavy atom. The van der Waals surface area contributed by atoms with Crippen LogP contribution in [0.15, 0.2) is 26.8 Å². The van der Waals surface area contributed by atoms with E-state index in [-0.39, 0.29) is 0 Å². The summed E-state index contributed by atoms with van der Waals surface area (Å²) in [6, 6.07) is 3.40. The molecular formula is C9H7BrN3O2+. The molecule has 0 saturated heterocycles. The molecule has 1 aromatic carbocycles. The molecule has 0 spiro atoms. The van der Waals surface area contributed by atoms with Crippen LogP contribution >= 0.6 is 15.9 Å². The van der Waals surface area contributed by atoms with Crippen molar-refractivity contribution in [1.82, 2.24) is 0 Å². The number of nitrogens with zero attached hydrogens (tertiary/aromatic N) is 3. The van der Waals surface area contributed by atoms with E-state index < -0.39 is 5.97 Å². The maximum Gasteiger partial charge on any atom is 0.340 e. The van der Waals surface area contributed by atoms with Gasteiger partial charge in [0, 0.05) is 19.5 Å². The lowest BCUT2D eigenvalue weighted by molar-refractivity contribution is -0.532. The van der Waals surface area contributed by atoms with Crippen molar-refractivity contribution in [2.45, 2.75) is 0 Å². The number of methoxy groups -OCH3 is 1. The van der Waals surface area contributed by atoms with Gasteiger partial charge in [-0.3, -0.25) is 0 Å². The summed E-state index contributed by atoms with van der Waals surface area (Å²) in [6.45, 7) is 3.54. The Kier molecular flexibility index (Phi) is 2.36. The van der Waals surface area contributed by atoms with Gasteiger partial charge in [-0.25, -0.2) is 4.79 Å². The van der Waals surface area contributed by atoms with E-state index in [0.717, 1.165) is 4.47 Å². The van der Waals surface area contributed by atoms with Crippen molar-refractivity contribution < 1.29 is 14.3 Å².